The zero-order valence-electron chi connectivity index (χ0n) is 21.6. The Labute approximate surface area is 219 Å². The standard InChI is InChI=1S/C32H37N3O2/c1-22-11-12-27-28(32(22)36)17-30(37-31(27)18-33)24-13-15-34(16-14-24)20-25-21-35(19-23-7-3-2-4-8-23)29-10-6-5-9-26(25)29/h2-12,21,24,30-31,36H,13-20,33H2,1H3/t30-,31-/m0/s1. The Morgan fingerprint density at radius 3 is 2.49 bits per heavy atom. The summed E-state index contributed by atoms with van der Waals surface area (Å²) >= 11 is 0. The highest BCUT2D eigenvalue weighted by atomic mass is 16.5. The second kappa shape index (κ2) is 10.3. The van der Waals surface area contributed by atoms with Crippen LogP contribution >= 0.6 is 0 Å². The van der Waals surface area contributed by atoms with Gasteiger partial charge in [-0.1, -0.05) is 60.7 Å². The van der Waals surface area contributed by atoms with E-state index >= 15 is 0 Å². The van der Waals surface area contributed by atoms with Crippen LogP contribution in [0.3, 0.4) is 0 Å². The summed E-state index contributed by atoms with van der Waals surface area (Å²) in [5, 5.41) is 12.1. The van der Waals surface area contributed by atoms with Crippen molar-refractivity contribution in [3.63, 3.8) is 0 Å². The third-order valence-electron chi connectivity index (χ3n) is 8.44. The first-order chi connectivity index (χ1) is 18.1. The van der Waals surface area contributed by atoms with Gasteiger partial charge in [-0.25, -0.2) is 0 Å². The molecule has 0 saturated carbocycles. The van der Waals surface area contributed by atoms with Gasteiger partial charge in [0.15, 0.2) is 0 Å². The van der Waals surface area contributed by atoms with E-state index in [-0.39, 0.29) is 12.2 Å². The lowest BCUT2D eigenvalue weighted by Crippen LogP contribution is -2.41. The van der Waals surface area contributed by atoms with Crippen molar-refractivity contribution in [3.8, 4) is 5.75 Å². The van der Waals surface area contributed by atoms with Crippen LogP contribution < -0.4 is 5.73 Å². The highest BCUT2D eigenvalue weighted by Gasteiger charge is 2.35. The number of likely N-dealkylation sites (tertiary alicyclic amines) is 1. The van der Waals surface area contributed by atoms with Gasteiger partial charge in [0.1, 0.15) is 5.75 Å². The molecule has 0 spiro atoms. The molecule has 2 aliphatic rings. The molecule has 0 unspecified atom stereocenters. The molecule has 3 N–H and O–H groups in total. The minimum atomic E-state index is -0.131. The first kappa shape index (κ1) is 24.2. The van der Waals surface area contributed by atoms with Crippen LogP contribution in [0.2, 0.25) is 0 Å². The van der Waals surface area contributed by atoms with E-state index in [1.54, 1.807) is 0 Å². The predicted molar refractivity (Wildman–Crippen MR) is 149 cm³/mol. The molecule has 1 aromatic heterocycles. The van der Waals surface area contributed by atoms with Crippen molar-refractivity contribution in [2.45, 2.75) is 51.5 Å². The van der Waals surface area contributed by atoms with Crippen molar-refractivity contribution < 1.29 is 9.84 Å². The van der Waals surface area contributed by atoms with Gasteiger partial charge >= 0.3 is 0 Å². The minimum absolute atomic E-state index is 0.115. The van der Waals surface area contributed by atoms with Gasteiger partial charge in [-0.05, 0) is 67.1 Å². The molecule has 0 amide bonds. The van der Waals surface area contributed by atoms with E-state index in [1.807, 2.05) is 13.0 Å². The maximum absolute atomic E-state index is 10.8. The topological polar surface area (TPSA) is 63.6 Å². The molecule has 2 aliphatic heterocycles. The van der Waals surface area contributed by atoms with Crippen LogP contribution in [0.15, 0.2) is 72.9 Å². The third kappa shape index (κ3) is 4.79. The van der Waals surface area contributed by atoms with Gasteiger partial charge in [0, 0.05) is 48.7 Å². The normalized spacial score (nSPS) is 20.8. The smallest absolute Gasteiger partial charge is 0.122 e. The molecule has 0 radical (unpaired) electrons. The van der Waals surface area contributed by atoms with Gasteiger partial charge in [-0.3, -0.25) is 4.90 Å². The van der Waals surface area contributed by atoms with Crippen LogP contribution in [-0.4, -0.2) is 40.3 Å². The molecule has 5 heteroatoms. The summed E-state index contributed by atoms with van der Waals surface area (Å²) < 4.78 is 8.90. The Morgan fingerprint density at radius 1 is 0.946 bits per heavy atom. The Hall–Kier alpha value is -3.12. The summed E-state index contributed by atoms with van der Waals surface area (Å²) in [6, 6.07) is 23.5. The first-order valence-corrected chi connectivity index (χ1v) is 13.6. The Morgan fingerprint density at radius 2 is 1.70 bits per heavy atom. The van der Waals surface area contributed by atoms with Gasteiger partial charge in [-0.2, -0.15) is 0 Å². The van der Waals surface area contributed by atoms with E-state index in [9.17, 15) is 5.11 Å². The number of aromatic hydroxyl groups is 1. The number of aryl methyl sites for hydroxylation is 1. The van der Waals surface area contributed by atoms with Crippen LogP contribution in [0.1, 0.15) is 46.8 Å². The lowest BCUT2D eigenvalue weighted by Gasteiger charge is -2.40. The summed E-state index contributed by atoms with van der Waals surface area (Å²) in [7, 11) is 0. The Balaban J connectivity index is 1.14. The number of hydrogen-bond donors (Lipinski definition) is 2. The van der Waals surface area contributed by atoms with Gasteiger partial charge < -0.3 is 20.1 Å². The zero-order valence-corrected chi connectivity index (χ0v) is 21.6. The van der Waals surface area contributed by atoms with E-state index in [0.29, 0.717) is 18.2 Å². The molecule has 192 valence electrons. The number of hydrogen-bond acceptors (Lipinski definition) is 4. The molecule has 3 heterocycles. The van der Waals surface area contributed by atoms with E-state index in [4.69, 9.17) is 10.5 Å². The van der Waals surface area contributed by atoms with Crippen molar-refractivity contribution in [2.24, 2.45) is 11.7 Å². The highest BCUT2D eigenvalue weighted by molar-refractivity contribution is 5.84. The average molecular weight is 496 g/mol. The van der Waals surface area contributed by atoms with Gasteiger partial charge in [0.05, 0.1) is 12.2 Å². The predicted octanol–water partition coefficient (Wildman–Crippen LogP) is 5.56. The first-order valence-electron chi connectivity index (χ1n) is 13.6. The molecule has 3 aromatic carbocycles. The van der Waals surface area contributed by atoms with Crippen molar-refractivity contribution in [1.82, 2.24) is 9.47 Å². The van der Waals surface area contributed by atoms with Crippen molar-refractivity contribution in [3.05, 3.63) is 101 Å². The second-order valence-electron chi connectivity index (χ2n) is 10.8. The van der Waals surface area contributed by atoms with Crippen LogP contribution in [-0.2, 0) is 24.2 Å². The molecule has 4 aromatic rings. The van der Waals surface area contributed by atoms with E-state index in [0.717, 1.165) is 62.1 Å². The largest absolute Gasteiger partial charge is 0.507 e. The molecule has 6 rings (SSSR count). The molecule has 5 nitrogen and oxygen atoms in total. The maximum Gasteiger partial charge on any atom is 0.122 e. The number of rotatable bonds is 6. The number of nitrogens with two attached hydrogens (primary N) is 1. The summed E-state index contributed by atoms with van der Waals surface area (Å²) in [5.41, 5.74) is 13.1. The molecular weight excluding hydrogens is 458 g/mol. The Kier molecular flexibility index (Phi) is 6.76. The van der Waals surface area contributed by atoms with E-state index in [2.05, 4.69) is 76.3 Å². The van der Waals surface area contributed by atoms with Gasteiger partial charge in [0.25, 0.3) is 0 Å². The molecule has 1 fully saturated rings. The van der Waals surface area contributed by atoms with Crippen molar-refractivity contribution >= 4 is 10.9 Å². The van der Waals surface area contributed by atoms with Crippen molar-refractivity contribution in [2.75, 3.05) is 19.6 Å². The van der Waals surface area contributed by atoms with Crippen LogP contribution in [0.25, 0.3) is 10.9 Å². The zero-order chi connectivity index (χ0) is 25.4. The molecular formula is C32H37N3O2. The lowest BCUT2D eigenvalue weighted by molar-refractivity contribution is -0.0651. The fraction of sp³-hybridized carbons (Fsp3) is 0.375. The third-order valence-corrected chi connectivity index (χ3v) is 8.44. The molecule has 37 heavy (non-hydrogen) atoms. The van der Waals surface area contributed by atoms with Gasteiger partial charge in [-0.15, -0.1) is 0 Å². The van der Waals surface area contributed by atoms with Crippen molar-refractivity contribution in [1.29, 1.82) is 0 Å². The summed E-state index contributed by atoms with van der Waals surface area (Å²) in [6.07, 6.45) is 5.32. The number of nitrogens with zero attached hydrogens (tertiary/aromatic N) is 2. The van der Waals surface area contributed by atoms with E-state index < -0.39 is 0 Å². The molecule has 2 atom stereocenters. The SMILES string of the molecule is Cc1ccc2c(c1O)C[C@@H](C1CCN(Cc3cn(Cc4ccccc4)c4ccccc34)CC1)O[C@H]2CN. The lowest BCUT2D eigenvalue weighted by atomic mass is 9.83. The fourth-order valence-electron chi connectivity index (χ4n) is 6.36. The summed E-state index contributed by atoms with van der Waals surface area (Å²) in [6.45, 7) is 6.38. The van der Waals surface area contributed by atoms with Crippen LogP contribution in [0.4, 0.5) is 0 Å². The number of fused-ring (bicyclic) bond motifs is 2. The quantitative estimate of drug-likeness (QED) is 0.368. The highest BCUT2D eigenvalue weighted by Crippen LogP contribution is 2.40. The fourth-order valence-corrected chi connectivity index (χ4v) is 6.36. The Bertz CT molecular complexity index is 1370. The number of piperidine rings is 1. The monoisotopic (exact) mass is 495 g/mol. The maximum atomic E-state index is 10.8. The molecule has 0 aliphatic carbocycles. The number of phenols is 1. The number of phenolic OH excluding ortho intramolecular Hbond substituents is 1. The summed E-state index contributed by atoms with van der Waals surface area (Å²) in [4.78, 5) is 2.59. The number of ether oxygens (including phenoxy) is 1. The number of benzene rings is 3. The summed E-state index contributed by atoms with van der Waals surface area (Å²) in [5.74, 6) is 0.909. The molecule has 1 saturated heterocycles. The van der Waals surface area contributed by atoms with Crippen LogP contribution in [0.5, 0.6) is 5.75 Å². The molecule has 0 bridgehead atoms. The average Bonchev–Trinajstić information content (AvgIpc) is 3.28. The number of para-hydroxylation sites is 1. The van der Waals surface area contributed by atoms with E-state index in [1.165, 1.54) is 22.0 Å². The number of aromatic nitrogens is 1. The van der Waals surface area contributed by atoms with Crippen LogP contribution in [0, 0.1) is 12.8 Å². The second-order valence-corrected chi connectivity index (χ2v) is 10.8. The van der Waals surface area contributed by atoms with Gasteiger partial charge in [0.2, 0.25) is 0 Å². The minimum Gasteiger partial charge on any atom is -0.507 e.